The Bertz CT molecular complexity index is 586. The van der Waals surface area contributed by atoms with E-state index in [-0.39, 0.29) is 18.0 Å². The summed E-state index contributed by atoms with van der Waals surface area (Å²) in [6, 6.07) is 1.18. The molecule has 0 saturated heterocycles. The molecule has 4 nitrogen and oxygen atoms in total. The number of halogens is 2. The maximum absolute atomic E-state index is 13.6. The van der Waals surface area contributed by atoms with Crippen LogP contribution in [0.3, 0.4) is 0 Å². The Morgan fingerprint density at radius 1 is 1.37 bits per heavy atom. The van der Waals surface area contributed by atoms with Gasteiger partial charge < -0.3 is 5.73 Å². The van der Waals surface area contributed by atoms with Gasteiger partial charge in [0, 0.05) is 18.7 Å². The Labute approximate surface area is 111 Å². The third kappa shape index (κ3) is 3.10. The SMILES string of the molecule is Cc1cc(S(=O)(=O)N[C@H](CN)C2CC2)c(F)cc1F. The summed E-state index contributed by atoms with van der Waals surface area (Å²) in [6.45, 7) is 1.54. The van der Waals surface area contributed by atoms with Crippen LogP contribution in [0.2, 0.25) is 0 Å². The van der Waals surface area contributed by atoms with E-state index in [1.54, 1.807) is 0 Å². The molecule has 0 bridgehead atoms. The third-order valence-corrected chi connectivity index (χ3v) is 4.76. The molecule has 1 aliphatic rings. The van der Waals surface area contributed by atoms with Crippen molar-refractivity contribution in [2.24, 2.45) is 11.7 Å². The normalized spacial score (nSPS) is 17.5. The molecule has 1 aromatic carbocycles. The van der Waals surface area contributed by atoms with E-state index in [0.29, 0.717) is 6.07 Å². The molecule has 3 N–H and O–H groups in total. The van der Waals surface area contributed by atoms with Crippen LogP contribution in [0, 0.1) is 24.5 Å². The summed E-state index contributed by atoms with van der Waals surface area (Å²) in [6.07, 6.45) is 1.82. The molecule has 0 aromatic heterocycles. The smallest absolute Gasteiger partial charge is 0.243 e. The zero-order valence-corrected chi connectivity index (χ0v) is 11.3. The van der Waals surface area contributed by atoms with Gasteiger partial charge in [-0.3, -0.25) is 0 Å². The van der Waals surface area contributed by atoms with Crippen molar-refractivity contribution in [3.8, 4) is 0 Å². The van der Waals surface area contributed by atoms with E-state index in [2.05, 4.69) is 4.72 Å². The van der Waals surface area contributed by atoms with Gasteiger partial charge in [0.2, 0.25) is 10.0 Å². The maximum Gasteiger partial charge on any atom is 0.243 e. The quantitative estimate of drug-likeness (QED) is 0.858. The molecule has 106 valence electrons. The minimum Gasteiger partial charge on any atom is -0.329 e. The van der Waals surface area contributed by atoms with Crippen LogP contribution < -0.4 is 10.5 Å². The number of sulfonamides is 1. The van der Waals surface area contributed by atoms with Crippen LogP contribution >= 0.6 is 0 Å². The molecule has 0 heterocycles. The Balaban J connectivity index is 2.31. The van der Waals surface area contributed by atoms with Crippen LogP contribution in [0.25, 0.3) is 0 Å². The monoisotopic (exact) mass is 290 g/mol. The van der Waals surface area contributed by atoms with E-state index in [1.807, 2.05) is 0 Å². The molecule has 19 heavy (non-hydrogen) atoms. The molecule has 0 amide bonds. The molecule has 1 aliphatic carbocycles. The van der Waals surface area contributed by atoms with Gasteiger partial charge in [-0.1, -0.05) is 0 Å². The second-order valence-corrected chi connectivity index (χ2v) is 6.52. The van der Waals surface area contributed by atoms with Crippen LogP contribution in [0.15, 0.2) is 17.0 Å². The summed E-state index contributed by atoms with van der Waals surface area (Å²) >= 11 is 0. The van der Waals surface area contributed by atoms with E-state index in [4.69, 9.17) is 5.73 Å². The summed E-state index contributed by atoms with van der Waals surface area (Å²) in [4.78, 5) is -0.537. The molecule has 1 fully saturated rings. The number of aryl methyl sites for hydroxylation is 1. The first-order chi connectivity index (χ1) is 8.85. The summed E-state index contributed by atoms with van der Waals surface area (Å²) < 4.78 is 53.3. The van der Waals surface area contributed by atoms with Gasteiger partial charge in [0.25, 0.3) is 0 Å². The lowest BCUT2D eigenvalue weighted by Gasteiger charge is -2.16. The van der Waals surface area contributed by atoms with Crippen molar-refractivity contribution in [3.05, 3.63) is 29.3 Å². The maximum atomic E-state index is 13.6. The van der Waals surface area contributed by atoms with Crippen molar-refractivity contribution in [2.75, 3.05) is 6.54 Å². The number of benzene rings is 1. The van der Waals surface area contributed by atoms with Gasteiger partial charge in [0.15, 0.2) is 0 Å². The van der Waals surface area contributed by atoms with Crippen LogP contribution in [0.4, 0.5) is 8.78 Å². The van der Waals surface area contributed by atoms with Crippen molar-refractivity contribution in [1.82, 2.24) is 4.72 Å². The lowest BCUT2D eigenvalue weighted by Crippen LogP contribution is -2.41. The Morgan fingerprint density at radius 2 is 2.00 bits per heavy atom. The Morgan fingerprint density at radius 3 is 2.53 bits per heavy atom. The predicted octanol–water partition coefficient (Wildman–Crippen LogP) is 1.29. The highest BCUT2D eigenvalue weighted by Crippen LogP contribution is 2.33. The fourth-order valence-electron chi connectivity index (χ4n) is 1.93. The average Bonchev–Trinajstić information content (AvgIpc) is 3.14. The van der Waals surface area contributed by atoms with Gasteiger partial charge in [-0.15, -0.1) is 0 Å². The molecule has 0 radical (unpaired) electrons. The molecular weight excluding hydrogens is 274 g/mol. The van der Waals surface area contributed by atoms with Gasteiger partial charge in [-0.05, 0) is 37.3 Å². The number of nitrogens with two attached hydrogens (primary N) is 1. The topological polar surface area (TPSA) is 72.2 Å². The fraction of sp³-hybridized carbons (Fsp3) is 0.500. The third-order valence-electron chi connectivity index (χ3n) is 3.25. The second-order valence-electron chi connectivity index (χ2n) is 4.83. The molecule has 1 saturated carbocycles. The number of hydrogen-bond donors (Lipinski definition) is 2. The lowest BCUT2D eigenvalue weighted by atomic mass is 10.2. The van der Waals surface area contributed by atoms with Crippen molar-refractivity contribution < 1.29 is 17.2 Å². The molecule has 0 aliphatic heterocycles. The zero-order chi connectivity index (χ0) is 14.2. The predicted molar refractivity (Wildman–Crippen MR) is 67.0 cm³/mol. The first-order valence-electron chi connectivity index (χ1n) is 6.03. The molecule has 1 aromatic rings. The van der Waals surface area contributed by atoms with Gasteiger partial charge >= 0.3 is 0 Å². The first-order valence-corrected chi connectivity index (χ1v) is 7.51. The lowest BCUT2D eigenvalue weighted by molar-refractivity contribution is 0.507. The molecule has 2 rings (SSSR count). The van der Waals surface area contributed by atoms with Crippen LogP contribution in [0.5, 0.6) is 0 Å². The average molecular weight is 290 g/mol. The minimum atomic E-state index is -4.02. The number of hydrogen-bond acceptors (Lipinski definition) is 3. The molecule has 0 spiro atoms. The van der Waals surface area contributed by atoms with E-state index < -0.39 is 32.6 Å². The summed E-state index contributed by atoms with van der Waals surface area (Å²) in [7, 11) is -4.02. The van der Waals surface area contributed by atoms with Gasteiger partial charge in [0.05, 0.1) is 0 Å². The largest absolute Gasteiger partial charge is 0.329 e. The van der Waals surface area contributed by atoms with E-state index in [9.17, 15) is 17.2 Å². The van der Waals surface area contributed by atoms with Gasteiger partial charge in [-0.2, -0.15) is 0 Å². The highest BCUT2D eigenvalue weighted by Gasteiger charge is 2.34. The van der Waals surface area contributed by atoms with Gasteiger partial charge in [0.1, 0.15) is 16.5 Å². The summed E-state index contributed by atoms with van der Waals surface area (Å²) in [5.74, 6) is -1.65. The molecule has 0 unspecified atom stereocenters. The number of rotatable bonds is 5. The Kier molecular flexibility index (Phi) is 3.89. The van der Waals surface area contributed by atoms with Crippen LogP contribution in [-0.4, -0.2) is 21.0 Å². The van der Waals surface area contributed by atoms with Crippen molar-refractivity contribution in [1.29, 1.82) is 0 Å². The standard InChI is InChI=1S/C12H16F2N2O2S/c1-7-4-12(10(14)5-9(7)13)19(17,18)16-11(6-15)8-2-3-8/h4-5,8,11,16H,2-3,6,15H2,1H3/t11-/m1/s1. The van der Waals surface area contributed by atoms with E-state index in [1.165, 1.54) is 6.92 Å². The zero-order valence-electron chi connectivity index (χ0n) is 10.5. The van der Waals surface area contributed by atoms with Crippen LogP contribution in [-0.2, 0) is 10.0 Å². The summed E-state index contributed by atoms with van der Waals surface area (Å²) in [5.41, 5.74) is 5.59. The second kappa shape index (κ2) is 5.15. The van der Waals surface area contributed by atoms with Crippen molar-refractivity contribution in [3.63, 3.8) is 0 Å². The molecule has 1 atom stereocenters. The molecule has 7 heteroatoms. The number of nitrogens with one attached hydrogen (secondary N) is 1. The van der Waals surface area contributed by atoms with Gasteiger partial charge in [-0.25, -0.2) is 21.9 Å². The fourth-order valence-corrected chi connectivity index (χ4v) is 3.40. The van der Waals surface area contributed by atoms with E-state index in [0.717, 1.165) is 18.9 Å². The molecular formula is C12H16F2N2O2S. The minimum absolute atomic E-state index is 0.0810. The highest BCUT2D eigenvalue weighted by molar-refractivity contribution is 7.89. The van der Waals surface area contributed by atoms with Crippen molar-refractivity contribution in [2.45, 2.75) is 30.7 Å². The van der Waals surface area contributed by atoms with E-state index >= 15 is 0 Å². The Hall–Kier alpha value is -1.05. The van der Waals surface area contributed by atoms with Crippen molar-refractivity contribution >= 4 is 10.0 Å². The first kappa shape index (κ1) is 14.4. The summed E-state index contributed by atoms with van der Waals surface area (Å²) in [5, 5.41) is 0. The highest BCUT2D eigenvalue weighted by atomic mass is 32.2. The van der Waals surface area contributed by atoms with Crippen LogP contribution in [0.1, 0.15) is 18.4 Å².